The van der Waals surface area contributed by atoms with E-state index in [1.165, 1.54) is 13.0 Å². The molecular formula is C11H13Cl2FO2S. The molecular weight excluding hydrogens is 286 g/mol. The van der Waals surface area contributed by atoms with E-state index in [0.717, 1.165) is 12.3 Å². The summed E-state index contributed by atoms with van der Waals surface area (Å²) in [6, 6.07) is 2.63. The number of alkyl halides is 1. The smallest absolute Gasteiger partial charge is 0.151 e. The molecule has 2 atom stereocenters. The maximum atomic E-state index is 13.2. The number of sulfone groups is 1. The summed E-state index contributed by atoms with van der Waals surface area (Å²) < 4.78 is 36.0. The second kappa shape index (κ2) is 5.12. The lowest BCUT2D eigenvalue weighted by atomic mass is 10.1. The van der Waals surface area contributed by atoms with Crippen molar-refractivity contribution in [2.24, 2.45) is 0 Å². The van der Waals surface area contributed by atoms with Crippen molar-refractivity contribution in [2.45, 2.75) is 24.5 Å². The second-order valence-corrected chi connectivity index (χ2v) is 7.34. The molecule has 0 fully saturated rings. The van der Waals surface area contributed by atoms with Gasteiger partial charge in [0.2, 0.25) is 0 Å². The van der Waals surface area contributed by atoms with Crippen molar-refractivity contribution in [3.8, 4) is 0 Å². The third-order valence-corrected chi connectivity index (χ3v) is 5.38. The molecule has 0 saturated heterocycles. The van der Waals surface area contributed by atoms with Gasteiger partial charge in [0.25, 0.3) is 0 Å². The highest BCUT2D eigenvalue weighted by Gasteiger charge is 2.27. The van der Waals surface area contributed by atoms with Crippen LogP contribution in [0.4, 0.5) is 4.39 Å². The lowest BCUT2D eigenvalue weighted by molar-refractivity contribution is 0.586. The summed E-state index contributed by atoms with van der Waals surface area (Å²) >= 11 is 12.0. The van der Waals surface area contributed by atoms with Crippen LogP contribution in [0.5, 0.6) is 0 Å². The standard InChI is InChI=1S/C11H13Cl2FO2S/c1-6-4-8(9(12)5-10(6)14)11(13)7(2)17(3,15)16/h4-5,7,11H,1-3H3. The van der Waals surface area contributed by atoms with Gasteiger partial charge in [0, 0.05) is 11.3 Å². The molecule has 0 bridgehead atoms. The highest BCUT2D eigenvalue weighted by atomic mass is 35.5. The number of benzene rings is 1. The highest BCUT2D eigenvalue weighted by molar-refractivity contribution is 7.91. The molecule has 0 aliphatic rings. The molecule has 2 nitrogen and oxygen atoms in total. The molecule has 0 heterocycles. The molecule has 1 aromatic carbocycles. The molecule has 96 valence electrons. The van der Waals surface area contributed by atoms with Gasteiger partial charge in [-0.25, -0.2) is 12.8 Å². The van der Waals surface area contributed by atoms with Crippen molar-refractivity contribution in [3.63, 3.8) is 0 Å². The van der Waals surface area contributed by atoms with Gasteiger partial charge in [-0.3, -0.25) is 0 Å². The van der Waals surface area contributed by atoms with Crippen LogP contribution in [0.2, 0.25) is 5.02 Å². The number of rotatable bonds is 3. The Bertz CT molecular complexity index is 529. The number of aryl methyl sites for hydroxylation is 1. The SMILES string of the molecule is Cc1cc(C(Cl)C(C)S(C)(=O)=O)c(Cl)cc1F. The van der Waals surface area contributed by atoms with Crippen LogP contribution in [-0.4, -0.2) is 19.9 Å². The fourth-order valence-electron chi connectivity index (χ4n) is 1.36. The Balaban J connectivity index is 3.22. The molecule has 6 heteroatoms. The molecule has 0 saturated carbocycles. The third kappa shape index (κ3) is 3.33. The van der Waals surface area contributed by atoms with E-state index < -0.39 is 26.3 Å². The topological polar surface area (TPSA) is 34.1 Å². The Kier molecular flexibility index (Phi) is 4.44. The van der Waals surface area contributed by atoms with E-state index in [1.807, 2.05) is 0 Å². The molecule has 0 N–H and O–H groups in total. The zero-order valence-corrected chi connectivity index (χ0v) is 12.0. The number of halogens is 3. The first-order valence-corrected chi connectivity index (χ1v) is 7.70. The van der Waals surface area contributed by atoms with Gasteiger partial charge in [-0.05, 0) is 31.0 Å². The van der Waals surface area contributed by atoms with Crippen LogP contribution >= 0.6 is 23.2 Å². The van der Waals surface area contributed by atoms with E-state index in [0.29, 0.717) is 11.1 Å². The summed E-state index contributed by atoms with van der Waals surface area (Å²) in [5.74, 6) is -0.436. The Labute approximate surface area is 111 Å². The second-order valence-electron chi connectivity index (χ2n) is 4.06. The van der Waals surface area contributed by atoms with Gasteiger partial charge in [0.1, 0.15) is 5.82 Å². The summed E-state index contributed by atoms with van der Waals surface area (Å²) in [5.41, 5.74) is 0.820. The number of hydrogen-bond acceptors (Lipinski definition) is 2. The predicted octanol–water partition coefficient (Wildman–Crippen LogP) is 3.50. The maximum Gasteiger partial charge on any atom is 0.151 e. The van der Waals surface area contributed by atoms with Crippen LogP contribution in [0.25, 0.3) is 0 Å². The first kappa shape index (κ1) is 14.7. The van der Waals surface area contributed by atoms with Gasteiger partial charge in [-0.1, -0.05) is 17.7 Å². The fraction of sp³-hybridized carbons (Fsp3) is 0.455. The first-order chi connectivity index (χ1) is 7.64. The summed E-state index contributed by atoms with van der Waals surface area (Å²) in [6.07, 6.45) is 1.11. The Morgan fingerprint density at radius 1 is 1.35 bits per heavy atom. The third-order valence-electron chi connectivity index (χ3n) is 2.66. The maximum absolute atomic E-state index is 13.2. The van der Waals surface area contributed by atoms with E-state index >= 15 is 0 Å². The molecule has 0 radical (unpaired) electrons. The van der Waals surface area contributed by atoms with Gasteiger partial charge in [-0.2, -0.15) is 0 Å². The van der Waals surface area contributed by atoms with Crippen molar-refractivity contribution in [1.29, 1.82) is 0 Å². The zero-order chi connectivity index (χ0) is 13.4. The van der Waals surface area contributed by atoms with E-state index in [1.54, 1.807) is 6.92 Å². The van der Waals surface area contributed by atoms with Crippen molar-refractivity contribution >= 4 is 33.0 Å². The van der Waals surface area contributed by atoms with Gasteiger partial charge < -0.3 is 0 Å². The summed E-state index contributed by atoms with van der Waals surface area (Å²) in [6.45, 7) is 3.08. The lowest BCUT2D eigenvalue weighted by Gasteiger charge is -2.18. The predicted molar refractivity (Wildman–Crippen MR) is 69.0 cm³/mol. The number of hydrogen-bond donors (Lipinski definition) is 0. The molecule has 0 aliphatic carbocycles. The fourth-order valence-corrected chi connectivity index (χ4v) is 3.01. The van der Waals surface area contributed by atoms with Crippen LogP contribution < -0.4 is 0 Å². The largest absolute Gasteiger partial charge is 0.229 e. The van der Waals surface area contributed by atoms with Crippen LogP contribution in [0, 0.1) is 12.7 Å². The minimum Gasteiger partial charge on any atom is -0.229 e. The minimum absolute atomic E-state index is 0.142. The van der Waals surface area contributed by atoms with Gasteiger partial charge in [0.15, 0.2) is 9.84 Å². The van der Waals surface area contributed by atoms with Crippen molar-refractivity contribution < 1.29 is 12.8 Å². The van der Waals surface area contributed by atoms with Gasteiger partial charge in [-0.15, -0.1) is 11.6 Å². The van der Waals surface area contributed by atoms with Crippen molar-refractivity contribution in [3.05, 3.63) is 34.1 Å². The van der Waals surface area contributed by atoms with Crippen molar-refractivity contribution in [1.82, 2.24) is 0 Å². The van der Waals surface area contributed by atoms with Crippen LogP contribution in [0.1, 0.15) is 23.4 Å². The van der Waals surface area contributed by atoms with E-state index in [-0.39, 0.29) is 5.02 Å². The molecule has 17 heavy (non-hydrogen) atoms. The molecule has 1 rings (SSSR count). The lowest BCUT2D eigenvalue weighted by Crippen LogP contribution is -2.21. The van der Waals surface area contributed by atoms with Crippen LogP contribution in [0.15, 0.2) is 12.1 Å². The summed E-state index contributed by atoms with van der Waals surface area (Å²) in [4.78, 5) is 0. The normalized spacial score (nSPS) is 15.6. The minimum atomic E-state index is -3.27. The van der Waals surface area contributed by atoms with Gasteiger partial charge >= 0.3 is 0 Å². The average Bonchev–Trinajstić information content (AvgIpc) is 2.20. The summed E-state index contributed by atoms with van der Waals surface area (Å²) in [5, 5.41) is -1.44. The Morgan fingerprint density at radius 3 is 2.35 bits per heavy atom. The average molecular weight is 299 g/mol. The Hall–Kier alpha value is -0.320. The van der Waals surface area contributed by atoms with E-state index in [2.05, 4.69) is 0 Å². The van der Waals surface area contributed by atoms with E-state index in [4.69, 9.17) is 23.2 Å². The molecule has 1 aromatic rings. The first-order valence-electron chi connectivity index (χ1n) is 4.93. The Morgan fingerprint density at radius 2 is 1.88 bits per heavy atom. The highest BCUT2D eigenvalue weighted by Crippen LogP contribution is 2.34. The van der Waals surface area contributed by atoms with E-state index in [9.17, 15) is 12.8 Å². The monoisotopic (exact) mass is 298 g/mol. The van der Waals surface area contributed by atoms with Crippen LogP contribution in [-0.2, 0) is 9.84 Å². The molecule has 0 amide bonds. The zero-order valence-electron chi connectivity index (χ0n) is 9.67. The van der Waals surface area contributed by atoms with Crippen molar-refractivity contribution in [2.75, 3.05) is 6.26 Å². The summed E-state index contributed by atoms with van der Waals surface area (Å²) in [7, 11) is -3.27. The quantitative estimate of drug-likeness (QED) is 0.801. The van der Waals surface area contributed by atoms with Gasteiger partial charge in [0.05, 0.1) is 10.6 Å². The molecule has 0 aromatic heterocycles. The molecule has 0 spiro atoms. The van der Waals surface area contributed by atoms with Crippen LogP contribution in [0.3, 0.4) is 0 Å². The molecule has 0 aliphatic heterocycles. The molecule has 2 unspecified atom stereocenters.